The minimum absolute atomic E-state index is 0.369. The summed E-state index contributed by atoms with van der Waals surface area (Å²) in [4.78, 5) is 0. The van der Waals surface area contributed by atoms with Crippen LogP contribution in [0.25, 0.3) is 0 Å². The van der Waals surface area contributed by atoms with Crippen molar-refractivity contribution in [3.05, 3.63) is 47.2 Å². The first kappa shape index (κ1) is 10.7. The predicted octanol–water partition coefficient (Wildman–Crippen LogP) is 2.97. The maximum Gasteiger partial charge on any atom is 0.222 e. The molecule has 2 rings (SSSR count). The van der Waals surface area contributed by atoms with Gasteiger partial charge in [0, 0.05) is 12.5 Å². The number of aromatic nitrogens is 1. The van der Waals surface area contributed by atoms with Gasteiger partial charge in [-0.05, 0) is 17.0 Å². The number of benzene rings is 1. The molecule has 1 heterocycles. The molecule has 0 saturated heterocycles. The lowest BCUT2D eigenvalue weighted by Gasteiger charge is -2.05. The van der Waals surface area contributed by atoms with Gasteiger partial charge in [0.05, 0.1) is 5.69 Å². The Kier molecular flexibility index (Phi) is 2.95. The number of hydrogen-bond acceptors (Lipinski definition) is 3. The Morgan fingerprint density at radius 3 is 2.44 bits per heavy atom. The molecule has 1 aromatic heterocycles. The van der Waals surface area contributed by atoms with Gasteiger partial charge in [-0.1, -0.05) is 43.3 Å². The van der Waals surface area contributed by atoms with Gasteiger partial charge in [0.1, 0.15) is 0 Å². The lowest BCUT2D eigenvalue weighted by Crippen LogP contribution is -1.91. The van der Waals surface area contributed by atoms with E-state index >= 15 is 0 Å². The Hall–Kier alpha value is -1.77. The Morgan fingerprint density at radius 1 is 1.25 bits per heavy atom. The molecule has 2 N–H and O–H groups in total. The van der Waals surface area contributed by atoms with Crippen molar-refractivity contribution in [3.8, 4) is 0 Å². The van der Waals surface area contributed by atoms with Gasteiger partial charge in [0.25, 0.3) is 0 Å². The summed E-state index contributed by atoms with van der Waals surface area (Å²) in [7, 11) is 0. The molecule has 0 fully saturated rings. The highest BCUT2D eigenvalue weighted by Crippen LogP contribution is 2.17. The average Bonchev–Trinajstić information content (AvgIpc) is 2.65. The second kappa shape index (κ2) is 4.39. The summed E-state index contributed by atoms with van der Waals surface area (Å²) in [6.45, 7) is 4.38. The zero-order chi connectivity index (χ0) is 11.5. The SMILES string of the molecule is CC(C)c1ccc(Cc2cc(N)on2)cc1. The van der Waals surface area contributed by atoms with Crippen LogP contribution in [0.5, 0.6) is 0 Å². The molecule has 0 atom stereocenters. The molecular weight excluding hydrogens is 200 g/mol. The van der Waals surface area contributed by atoms with Crippen LogP contribution in [0.3, 0.4) is 0 Å². The van der Waals surface area contributed by atoms with Crippen LogP contribution in [-0.2, 0) is 6.42 Å². The number of hydrogen-bond donors (Lipinski definition) is 1. The molecule has 0 aliphatic carbocycles. The van der Waals surface area contributed by atoms with Gasteiger partial charge in [-0.3, -0.25) is 0 Å². The minimum atomic E-state index is 0.369. The highest BCUT2D eigenvalue weighted by molar-refractivity contribution is 5.31. The fraction of sp³-hybridized carbons (Fsp3) is 0.308. The highest BCUT2D eigenvalue weighted by atomic mass is 16.5. The van der Waals surface area contributed by atoms with Gasteiger partial charge in [-0.25, -0.2) is 0 Å². The first-order valence-electron chi connectivity index (χ1n) is 5.45. The molecule has 3 heteroatoms. The van der Waals surface area contributed by atoms with E-state index in [1.54, 1.807) is 6.07 Å². The molecule has 0 aliphatic rings. The van der Waals surface area contributed by atoms with Crippen molar-refractivity contribution in [1.82, 2.24) is 5.16 Å². The zero-order valence-corrected chi connectivity index (χ0v) is 9.60. The third kappa shape index (κ3) is 2.42. The largest absolute Gasteiger partial charge is 0.368 e. The minimum Gasteiger partial charge on any atom is -0.368 e. The van der Waals surface area contributed by atoms with Gasteiger partial charge < -0.3 is 10.3 Å². The van der Waals surface area contributed by atoms with E-state index in [0.717, 1.165) is 12.1 Å². The van der Waals surface area contributed by atoms with Gasteiger partial charge >= 0.3 is 0 Å². The molecular formula is C13H16N2O. The van der Waals surface area contributed by atoms with E-state index in [2.05, 4.69) is 43.3 Å². The van der Waals surface area contributed by atoms with Crippen LogP contribution >= 0.6 is 0 Å². The quantitative estimate of drug-likeness (QED) is 0.858. The molecule has 2 aromatic rings. The van der Waals surface area contributed by atoms with E-state index in [0.29, 0.717) is 11.8 Å². The molecule has 0 radical (unpaired) electrons. The molecule has 0 unspecified atom stereocenters. The van der Waals surface area contributed by atoms with Gasteiger partial charge in [0.2, 0.25) is 5.88 Å². The number of anilines is 1. The highest BCUT2D eigenvalue weighted by Gasteiger charge is 2.03. The predicted molar refractivity (Wildman–Crippen MR) is 64.3 cm³/mol. The summed E-state index contributed by atoms with van der Waals surface area (Å²) in [6, 6.07) is 10.3. The van der Waals surface area contributed by atoms with Crippen molar-refractivity contribution in [3.63, 3.8) is 0 Å². The molecule has 0 bridgehead atoms. The first-order valence-corrected chi connectivity index (χ1v) is 5.45. The van der Waals surface area contributed by atoms with E-state index in [-0.39, 0.29) is 0 Å². The Balaban J connectivity index is 2.11. The van der Waals surface area contributed by atoms with E-state index in [1.807, 2.05) is 0 Å². The maximum absolute atomic E-state index is 5.47. The van der Waals surface area contributed by atoms with Crippen molar-refractivity contribution in [2.75, 3.05) is 5.73 Å². The number of nitrogens with two attached hydrogens (primary N) is 1. The molecule has 0 amide bonds. The molecule has 1 aromatic carbocycles. The summed E-state index contributed by atoms with van der Waals surface area (Å²) in [5.74, 6) is 0.936. The van der Waals surface area contributed by atoms with Crippen molar-refractivity contribution < 1.29 is 4.52 Å². The fourth-order valence-electron chi connectivity index (χ4n) is 1.64. The van der Waals surface area contributed by atoms with E-state index in [9.17, 15) is 0 Å². The second-order valence-corrected chi connectivity index (χ2v) is 4.29. The normalized spacial score (nSPS) is 10.9. The molecule has 0 aliphatic heterocycles. The van der Waals surface area contributed by atoms with E-state index in [1.165, 1.54) is 11.1 Å². The third-order valence-corrected chi connectivity index (χ3v) is 2.61. The van der Waals surface area contributed by atoms with Gasteiger partial charge in [-0.2, -0.15) is 0 Å². The number of nitrogens with zero attached hydrogens (tertiary/aromatic N) is 1. The summed E-state index contributed by atoms with van der Waals surface area (Å²) in [6.07, 6.45) is 0.763. The molecule has 0 spiro atoms. The van der Waals surface area contributed by atoms with E-state index in [4.69, 9.17) is 10.3 Å². The lowest BCUT2D eigenvalue weighted by molar-refractivity contribution is 0.429. The molecule has 84 valence electrons. The maximum atomic E-state index is 5.47. The van der Waals surface area contributed by atoms with Crippen molar-refractivity contribution in [2.45, 2.75) is 26.2 Å². The van der Waals surface area contributed by atoms with Crippen molar-refractivity contribution >= 4 is 5.88 Å². The summed E-state index contributed by atoms with van der Waals surface area (Å²) in [5, 5.41) is 3.87. The van der Waals surface area contributed by atoms with E-state index < -0.39 is 0 Å². The second-order valence-electron chi connectivity index (χ2n) is 4.29. The van der Waals surface area contributed by atoms with Gasteiger partial charge in [-0.15, -0.1) is 0 Å². The molecule has 16 heavy (non-hydrogen) atoms. The monoisotopic (exact) mass is 216 g/mol. The Labute approximate surface area is 95.3 Å². The van der Waals surface area contributed by atoms with Crippen molar-refractivity contribution in [1.29, 1.82) is 0 Å². The van der Waals surface area contributed by atoms with Crippen LogP contribution in [0.4, 0.5) is 5.88 Å². The number of nitrogen functional groups attached to an aromatic ring is 1. The van der Waals surface area contributed by atoms with Gasteiger partial charge in [0.15, 0.2) is 0 Å². The lowest BCUT2D eigenvalue weighted by atomic mass is 10.0. The van der Waals surface area contributed by atoms with Crippen LogP contribution in [0, 0.1) is 0 Å². The number of rotatable bonds is 3. The Morgan fingerprint density at radius 2 is 1.94 bits per heavy atom. The summed E-state index contributed by atoms with van der Waals surface area (Å²) < 4.78 is 4.83. The Bertz CT molecular complexity index is 457. The van der Waals surface area contributed by atoms with Crippen LogP contribution in [0.15, 0.2) is 34.9 Å². The van der Waals surface area contributed by atoms with Crippen LogP contribution in [-0.4, -0.2) is 5.16 Å². The first-order chi connectivity index (χ1) is 7.65. The van der Waals surface area contributed by atoms with Crippen LogP contribution in [0.1, 0.15) is 36.6 Å². The molecule has 0 saturated carbocycles. The summed E-state index contributed by atoms with van der Waals surface area (Å²) in [5.41, 5.74) is 8.91. The summed E-state index contributed by atoms with van der Waals surface area (Å²) >= 11 is 0. The third-order valence-electron chi connectivity index (χ3n) is 2.61. The fourth-order valence-corrected chi connectivity index (χ4v) is 1.64. The standard InChI is InChI=1S/C13H16N2O/c1-9(2)11-5-3-10(4-6-11)7-12-8-13(14)16-15-12/h3-6,8-9H,7,14H2,1-2H3. The van der Waals surface area contributed by atoms with Crippen LogP contribution < -0.4 is 5.73 Å². The zero-order valence-electron chi connectivity index (χ0n) is 9.60. The van der Waals surface area contributed by atoms with Crippen LogP contribution in [0.2, 0.25) is 0 Å². The smallest absolute Gasteiger partial charge is 0.222 e. The topological polar surface area (TPSA) is 52.0 Å². The van der Waals surface area contributed by atoms with Crippen molar-refractivity contribution in [2.24, 2.45) is 0 Å². The molecule has 3 nitrogen and oxygen atoms in total. The average molecular weight is 216 g/mol.